The second-order valence-corrected chi connectivity index (χ2v) is 13.7. The molecule has 0 aliphatic rings. The first-order valence-electron chi connectivity index (χ1n) is 20.3. The van der Waals surface area contributed by atoms with E-state index in [1.807, 2.05) is 138 Å². The highest BCUT2D eigenvalue weighted by molar-refractivity contribution is 6.17. The van der Waals surface area contributed by atoms with E-state index in [0.29, 0.717) is 16.9 Å². The molecule has 0 spiro atoms. The summed E-state index contributed by atoms with van der Waals surface area (Å²) in [4.78, 5) is 1.87. The summed E-state index contributed by atoms with van der Waals surface area (Å²) in [6, 6.07) is 57.4. The highest BCUT2D eigenvalue weighted by atomic mass is 16.3. The van der Waals surface area contributed by atoms with E-state index in [1.54, 1.807) is 0 Å². The second kappa shape index (κ2) is 12.6. The number of hydrogen-bond donors (Lipinski definition) is 0. The highest BCUT2D eigenvalue weighted by Gasteiger charge is 2.21. The molecule has 11 rings (SSSR count). The molecule has 0 saturated carbocycles. The maximum atomic E-state index is 9.59. The lowest BCUT2D eigenvalue weighted by Crippen LogP contribution is -2.11. The van der Waals surface area contributed by atoms with E-state index >= 15 is 0 Å². The van der Waals surface area contributed by atoms with Crippen LogP contribution in [0.1, 0.15) is 5.48 Å². The highest BCUT2D eigenvalue weighted by Crippen LogP contribution is 2.46. The van der Waals surface area contributed by atoms with Crippen molar-refractivity contribution in [1.82, 2.24) is 0 Å². The van der Waals surface area contributed by atoms with Gasteiger partial charge in [-0.3, -0.25) is 0 Å². The van der Waals surface area contributed by atoms with Crippen LogP contribution in [0.3, 0.4) is 0 Å². The van der Waals surface area contributed by atoms with E-state index in [0.717, 1.165) is 76.9 Å². The predicted octanol–water partition coefficient (Wildman–Crippen LogP) is 15.1. The minimum atomic E-state index is -0.142. The molecule has 0 N–H and O–H groups in total. The topological polar surface area (TPSA) is 29.5 Å². The molecule has 3 heteroatoms. The van der Waals surface area contributed by atoms with Crippen LogP contribution in [0.5, 0.6) is 0 Å². The molecule has 0 aliphatic heterocycles. The van der Waals surface area contributed by atoms with Gasteiger partial charge in [0.1, 0.15) is 22.3 Å². The number of anilines is 3. The number of para-hydroxylation sites is 2. The molecule has 11 aromatic rings. The Labute approximate surface area is 323 Å². The molecule has 2 heterocycles. The number of hydrogen-bond acceptors (Lipinski definition) is 3. The van der Waals surface area contributed by atoms with E-state index in [4.69, 9.17) is 8.83 Å². The quantitative estimate of drug-likeness (QED) is 0.172. The van der Waals surface area contributed by atoms with Crippen molar-refractivity contribution < 1.29 is 14.3 Å². The summed E-state index contributed by atoms with van der Waals surface area (Å²) in [6.45, 7) is 0. The average molecular weight is 708 g/mol. The van der Waals surface area contributed by atoms with Gasteiger partial charge in [-0.2, -0.15) is 0 Å². The molecule has 0 amide bonds. The summed E-state index contributed by atoms with van der Waals surface area (Å²) in [5, 5.41) is 6.20. The molecule has 0 atom stereocenters. The third-order valence-electron chi connectivity index (χ3n) is 10.5. The zero-order chi connectivity index (χ0) is 39.8. The van der Waals surface area contributed by atoms with E-state index < -0.39 is 0 Å². The lowest BCUT2D eigenvalue weighted by Gasteiger charge is -2.28. The minimum absolute atomic E-state index is 0.111. The molecule has 0 unspecified atom stereocenters. The van der Waals surface area contributed by atoms with Gasteiger partial charge >= 0.3 is 0 Å². The monoisotopic (exact) mass is 707 g/mol. The summed E-state index contributed by atoms with van der Waals surface area (Å²) in [7, 11) is 0. The normalized spacial score (nSPS) is 12.7. The average Bonchev–Trinajstić information content (AvgIpc) is 3.85. The summed E-state index contributed by atoms with van der Waals surface area (Å²) in [5.74, 6) is 0. The lowest BCUT2D eigenvalue weighted by atomic mass is 9.95. The van der Waals surface area contributed by atoms with Gasteiger partial charge < -0.3 is 13.7 Å². The Morgan fingerprint density at radius 3 is 1.76 bits per heavy atom. The van der Waals surface area contributed by atoms with Crippen molar-refractivity contribution in [1.29, 1.82) is 0 Å². The Kier molecular flexibility index (Phi) is 6.27. The zero-order valence-electron chi connectivity index (χ0n) is 33.5. The number of fused-ring (bicyclic) bond motifs is 7. The van der Waals surface area contributed by atoms with Gasteiger partial charge in [0, 0.05) is 38.5 Å². The fraction of sp³-hybridized carbons (Fsp3) is 0. The molecule has 3 nitrogen and oxygen atoms in total. The van der Waals surface area contributed by atoms with Crippen molar-refractivity contribution in [2.75, 3.05) is 4.90 Å². The van der Waals surface area contributed by atoms with E-state index in [9.17, 15) is 5.48 Å². The van der Waals surface area contributed by atoms with Crippen LogP contribution < -0.4 is 4.90 Å². The Balaban J connectivity index is 1.15. The van der Waals surface area contributed by atoms with Gasteiger partial charge in [0.05, 0.1) is 11.2 Å². The molecule has 2 aromatic heterocycles. The molecular formula is C52H33NO2. The van der Waals surface area contributed by atoms with Crippen molar-refractivity contribution >= 4 is 71.7 Å². The Bertz CT molecular complexity index is 3410. The first kappa shape index (κ1) is 27.3. The summed E-state index contributed by atoms with van der Waals surface area (Å²) >= 11 is 0. The standard InChI is InChI=1S/C52H33NO2/c1-2-12-34(13-3-1)35-24-28-39(29-25-35)53(40-30-26-36(27-31-40)41-18-10-22-48-51(41)44-17-7-9-21-47(44)54-48)46-20-8-6-16-42(46)43-19-11-23-49-52(43)45-32-37-14-4-5-15-38(37)33-50(45)55-49/h1-33H/i24D,25D,28D,29D. The van der Waals surface area contributed by atoms with Gasteiger partial charge in [0.25, 0.3) is 0 Å². The lowest BCUT2D eigenvalue weighted by molar-refractivity contribution is 0.669. The SMILES string of the molecule is [2H]c1c([2H])c(N(c2ccc(-c3cccc4oc5ccccc5c34)cc2)c2ccccc2-c2cccc3oc4cc5ccccc5cc4c23)c([2H])c([2H])c1-c1ccccc1. The zero-order valence-corrected chi connectivity index (χ0v) is 29.5. The van der Waals surface area contributed by atoms with E-state index in [-0.39, 0.29) is 35.4 Å². The molecule has 0 aliphatic carbocycles. The minimum Gasteiger partial charge on any atom is -0.456 e. The van der Waals surface area contributed by atoms with Crippen LogP contribution in [-0.2, 0) is 0 Å². The number of furan rings is 2. The van der Waals surface area contributed by atoms with Gasteiger partial charge in [-0.05, 0) is 99.2 Å². The maximum Gasteiger partial charge on any atom is 0.136 e. The van der Waals surface area contributed by atoms with Crippen LogP contribution in [0.2, 0.25) is 0 Å². The maximum absolute atomic E-state index is 9.59. The Morgan fingerprint density at radius 1 is 0.364 bits per heavy atom. The van der Waals surface area contributed by atoms with Crippen LogP contribution in [0.4, 0.5) is 17.1 Å². The molecule has 258 valence electrons. The number of rotatable bonds is 6. The van der Waals surface area contributed by atoms with Gasteiger partial charge in [0.15, 0.2) is 0 Å². The predicted molar refractivity (Wildman–Crippen MR) is 229 cm³/mol. The summed E-state index contributed by atoms with van der Waals surface area (Å²) < 4.78 is 50.5. The van der Waals surface area contributed by atoms with Crippen molar-refractivity contribution in [3.05, 3.63) is 200 Å². The van der Waals surface area contributed by atoms with Crippen molar-refractivity contribution in [2.24, 2.45) is 0 Å². The van der Waals surface area contributed by atoms with E-state index in [1.165, 1.54) is 0 Å². The summed E-state index contributed by atoms with van der Waals surface area (Å²) in [6.07, 6.45) is 0. The molecular weight excluding hydrogens is 671 g/mol. The molecule has 0 radical (unpaired) electrons. The number of nitrogens with zero attached hydrogens (tertiary/aromatic N) is 1. The van der Waals surface area contributed by atoms with Crippen LogP contribution in [0, 0.1) is 0 Å². The third kappa shape index (κ3) is 5.20. The van der Waals surface area contributed by atoms with Crippen LogP contribution in [0.25, 0.3) is 88.0 Å². The Morgan fingerprint density at radius 2 is 0.964 bits per heavy atom. The number of benzene rings is 9. The second-order valence-electron chi connectivity index (χ2n) is 13.7. The van der Waals surface area contributed by atoms with Gasteiger partial charge in [-0.25, -0.2) is 0 Å². The first-order valence-corrected chi connectivity index (χ1v) is 18.3. The molecule has 0 fully saturated rings. The van der Waals surface area contributed by atoms with Crippen LogP contribution in [-0.4, -0.2) is 0 Å². The summed E-state index contributed by atoms with van der Waals surface area (Å²) in [5.41, 5.74) is 9.32. The van der Waals surface area contributed by atoms with Gasteiger partial charge in [-0.1, -0.05) is 139 Å². The Hall–Kier alpha value is -7.36. The fourth-order valence-electron chi connectivity index (χ4n) is 7.99. The first-order chi connectivity index (χ1) is 28.9. The van der Waals surface area contributed by atoms with Crippen LogP contribution in [0.15, 0.2) is 209 Å². The molecule has 0 saturated heterocycles. The van der Waals surface area contributed by atoms with E-state index in [2.05, 4.69) is 42.5 Å². The van der Waals surface area contributed by atoms with Crippen LogP contribution >= 0.6 is 0 Å². The largest absolute Gasteiger partial charge is 0.456 e. The smallest absolute Gasteiger partial charge is 0.136 e. The van der Waals surface area contributed by atoms with Gasteiger partial charge in [-0.15, -0.1) is 0 Å². The molecule has 9 aromatic carbocycles. The van der Waals surface area contributed by atoms with Crippen molar-refractivity contribution in [3.63, 3.8) is 0 Å². The fourth-order valence-corrected chi connectivity index (χ4v) is 7.99. The molecule has 55 heavy (non-hydrogen) atoms. The van der Waals surface area contributed by atoms with Gasteiger partial charge in [0.2, 0.25) is 0 Å². The molecule has 0 bridgehead atoms. The van der Waals surface area contributed by atoms with Crippen molar-refractivity contribution in [3.8, 4) is 33.4 Å². The third-order valence-corrected chi connectivity index (χ3v) is 10.5. The van der Waals surface area contributed by atoms with Crippen molar-refractivity contribution in [2.45, 2.75) is 0 Å².